The van der Waals surface area contributed by atoms with E-state index in [0.717, 1.165) is 48.2 Å². The van der Waals surface area contributed by atoms with Gasteiger partial charge in [0.2, 0.25) is 0 Å². The number of rotatable bonds is 3. The van der Waals surface area contributed by atoms with E-state index in [9.17, 15) is 0 Å². The predicted octanol–water partition coefficient (Wildman–Crippen LogP) is 3.09. The first kappa shape index (κ1) is 15.3. The maximum absolute atomic E-state index is 5.95. The van der Waals surface area contributed by atoms with Crippen LogP contribution in [0, 0.1) is 0 Å². The Morgan fingerprint density at radius 1 is 1.17 bits per heavy atom. The Kier molecular flexibility index (Phi) is 4.04. The van der Waals surface area contributed by atoms with Gasteiger partial charge in [0.05, 0.1) is 11.9 Å². The van der Waals surface area contributed by atoms with E-state index in [4.69, 9.17) is 16.6 Å². The average Bonchev–Trinajstić information content (AvgIpc) is 3.00. The quantitative estimate of drug-likeness (QED) is 0.735. The highest BCUT2D eigenvalue weighted by molar-refractivity contribution is 6.30. The zero-order chi connectivity index (χ0) is 16.5. The van der Waals surface area contributed by atoms with Crippen LogP contribution in [0.4, 0.5) is 0 Å². The van der Waals surface area contributed by atoms with Gasteiger partial charge in [0.1, 0.15) is 0 Å². The molecule has 0 aliphatic carbocycles. The lowest BCUT2D eigenvalue weighted by atomic mass is 10.1. The summed E-state index contributed by atoms with van der Waals surface area (Å²) in [6, 6.07) is 7.66. The van der Waals surface area contributed by atoms with Gasteiger partial charge in [-0.1, -0.05) is 11.6 Å². The fraction of sp³-hybridized carbons (Fsp3) is 0.278. The van der Waals surface area contributed by atoms with Crippen molar-refractivity contribution in [1.82, 2.24) is 24.6 Å². The fourth-order valence-corrected chi connectivity index (χ4v) is 3.19. The van der Waals surface area contributed by atoms with Gasteiger partial charge in [0.15, 0.2) is 5.82 Å². The number of aromatic nitrogens is 4. The van der Waals surface area contributed by atoms with Crippen LogP contribution in [0.1, 0.15) is 16.8 Å². The molecule has 24 heavy (non-hydrogen) atoms. The van der Waals surface area contributed by atoms with Crippen LogP contribution in [0.3, 0.4) is 0 Å². The van der Waals surface area contributed by atoms with Crippen LogP contribution >= 0.6 is 11.6 Å². The minimum absolute atomic E-state index is 0.725. The summed E-state index contributed by atoms with van der Waals surface area (Å²) in [5, 5.41) is 4.96. The molecule has 2 aromatic heterocycles. The minimum atomic E-state index is 0.725. The van der Waals surface area contributed by atoms with Gasteiger partial charge in [-0.3, -0.25) is 9.58 Å². The van der Waals surface area contributed by atoms with Gasteiger partial charge in [-0.2, -0.15) is 5.10 Å². The molecule has 0 radical (unpaired) electrons. The molecule has 5 nitrogen and oxygen atoms in total. The van der Waals surface area contributed by atoms with E-state index < -0.39 is 0 Å². The third kappa shape index (κ3) is 3.18. The highest BCUT2D eigenvalue weighted by Crippen LogP contribution is 2.23. The van der Waals surface area contributed by atoms with E-state index in [1.807, 2.05) is 48.4 Å². The van der Waals surface area contributed by atoms with Crippen LogP contribution in [-0.2, 0) is 26.6 Å². The summed E-state index contributed by atoms with van der Waals surface area (Å²) in [5.74, 6) is 0.770. The van der Waals surface area contributed by atoms with Gasteiger partial charge in [-0.15, -0.1) is 0 Å². The van der Waals surface area contributed by atoms with Gasteiger partial charge in [-0.05, 0) is 24.3 Å². The van der Waals surface area contributed by atoms with Crippen LogP contribution < -0.4 is 0 Å². The van der Waals surface area contributed by atoms with Crippen LogP contribution in [0.15, 0.2) is 42.9 Å². The normalized spacial score (nSPS) is 14.6. The Morgan fingerprint density at radius 3 is 2.75 bits per heavy atom. The second-order valence-electron chi connectivity index (χ2n) is 6.16. The summed E-state index contributed by atoms with van der Waals surface area (Å²) in [6.45, 7) is 2.79. The Morgan fingerprint density at radius 2 is 2.00 bits per heavy atom. The molecule has 6 heteroatoms. The third-order valence-corrected chi connectivity index (χ3v) is 4.53. The molecule has 1 aromatic carbocycles. The van der Waals surface area contributed by atoms with Crippen LogP contribution in [0.2, 0.25) is 5.02 Å². The van der Waals surface area contributed by atoms with E-state index in [-0.39, 0.29) is 0 Å². The van der Waals surface area contributed by atoms with Crippen molar-refractivity contribution in [2.45, 2.75) is 19.5 Å². The summed E-state index contributed by atoms with van der Waals surface area (Å²) >= 11 is 5.95. The Balaban J connectivity index is 1.52. The highest BCUT2D eigenvalue weighted by atomic mass is 35.5. The number of hydrogen-bond donors (Lipinski definition) is 0. The minimum Gasteiger partial charge on any atom is -0.294 e. The molecule has 0 saturated carbocycles. The van der Waals surface area contributed by atoms with Crippen molar-refractivity contribution in [3.63, 3.8) is 0 Å². The van der Waals surface area contributed by atoms with Crippen LogP contribution in [0.5, 0.6) is 0 Å². The van der Waals surface area contributed by atoms with Gasteiger partial charge < -0.3 is 0 Å². The molecule has 0 atom stereocenters. The molecule has 0 N–H and O–H groups in total. The number of benzene rings is 1. The first-order chi connectivity index (χ1) is 11.7. The average molecular weight is 340 g/mol. The molecule has 0 bridgehead atoms. The molecule has 0 amide bonds. The molecule has 3 heterocycles. The molecule has 1 aliphatic heterocycles. The Bertz CT molecular complexity index is 856. The molecule has 0 unspecified atom stereocenters. The zero-order valence-corrected chi connectivity index (χ0v) is 14.2. The molecule has 3 aromatic rings. The van der Waals surface area contributed by atoms with E-state index >= 15 is 0 Å². The molecule has 122 valence electrons. The number of nitrogens with zero attached hydrogens (tertiary/aromatic N) is 5. The largest absolute Gasteiger partial charge is 0.294 e. The Labute approximate surface area is 145 Å². The van der Waals surface area contributed by atoms with Crippen molar-refractivity contribution in [1.29, 1.82) is 0 Å². The molecule has 0 saturated heterocycles. The molecule has 0 fully saturated rings. The fourth-order valence-electron chi connectivity index (χ4n) is 3.06. The second kappa shape index (κ2) is 6.34. The summed E-state index contributed by atoms with van der Waals surface area (Å²) < 4.78 is 1.84. The van der Waals surface area contributed by atoms with Crippen LogP contribution in [0.25, 0.3) is 11.4 Å². The second-order valence-corrected chi connectivity index (χ2v) is 6.59. The van der Waals surface area contributed by atoms with Crippen molar-refractivity contribution >= 4 is 11.6 Å². The van der Waals surface area contributed by atoms with Gasteiger partial charge in [0, 0.05) is 67.2 Å². The first-order valence-electron chi connectivity index (χ1n) is 7.98. The van der Waals surface area contributed by atoms with Gasteiger partial charge in [0.25, 0.3) is 0 Å². The first-order valence-corrected chi connectivity index (χ1v) is 8.36. The van der Waals surface area contributed by atoms with Crippen molar-refractivity contribution in [3.05, 3.63) is 64.7 Å². The molecule has 0 spiro atoms. The zero-order valence-electron chi connectivity index (χ0n) is 13.5. The summed E-state index contributed by atoms with van der Waals surface area (Å²) in [5.41, 5.74) is 4.60. The SMILES string of the molecule is Cn1cc(CN2CCc3nc(-c4ccc(Cl)cc4)ncc3C2)cn1. The van der Waals surface area contributed by atoms with E-state index in [2.05, 4.69) is 21.2 Å². The van der Waals surface area contributed by atoms with E-state index in [1.165, 1.54) is 11.1 Å². The number of halogens is 1. The summed E-state index contributed by atoms with van der Waals surface area (Å²) in [6.07, 6.45) is 6.89. The number of hydrogen-bond acceptors (Lipinski definition) is 4. The van der Waals surface area contributed by atoms with E-state index in [1.54, 1.807) is 0 Å². The molecule has 1 aliphatic rings. The molecular formula is C18H18ClN5. The molecule has 4 rings (SSSR count). The molecular weight excluding hydrogens is 322 g/mol. The Hall–Kier alpha value is -2.24. The lowest BCUT2D eigenvalue weighted by Gasteiger charge is -2.27. The van der Waals surface area contributed by atoms with Crippen molar-refractivity contribution in [2.75, 3.05) is 6.54 Å². The topological polar surface area (TPSA) is 46.8 Å². The van der Waals surface area contributed by atoms with Crippen molar-refractivity contribution < 1.29 is 0 Å². The third-order valence-electron chi connectivity index (χ3n) is 4.28. The lowest BCUT2D eigenvalue weighted by Crippen LogP contribution is -2.30. The van der Waals surface area contributed by atoms with E-state index in [0.29, 0.717) is 0 Å². The maximum Gasteiger partial charge on any atom is 0.159 e. The number of fused-ring (bicyclic) bond motifs is 1. The predicted molar refractivity (Wildman–Crippen MR) is 93.5 cm³/mol. The van der Waals surface area contributed by atoms with Gasteiger partial charge in [-0.25, -0.2) is 9.97 Å². The monoisotopic (exact) mass is 339 g/mol. The smallest absolute Gasteiger partial charge is 0.159 e. The van der Waals surface area contributed by atoms with Crippen LogP contribution in [-0.4, -0.2) is 31.2 Å². The summed E-state index contributed by atoms with van der Waals surface area (Å²) in [4.78, 5) is 11.7. The van der Waals surface area contributed by atoms with Crippen molar-refractivity contribution in [2.24, 2.45) is 7.05 Å². The lowest BCUT2D eigenvalue weighted by molar-refractivity contribution is 0.243. The highest BCUT2D eigenvalue weighted by Gasteiger charge is 2.19. The maximum atomic E-state index is 5.95. The number of aryl methyl sites for hydroxylation is 1. The van der Waals surface area contributed by atoms with Gasteiger partial charge >= 0.3 is 0 Å². The summed E-state index contributed by atoms with van der Waals surface area (Å²) in [7, 11) is 1.95. The van der Waals surface area contributed by atoms with Crippen molar-refractivity contribution in [3.8, 4) is 11.4 Å². The standard InChI is InChI=1S/C18H18ClN5/c1-23-10-13(8-21-23)11-24-7-6-17-15(12-24)9-20-18(22-17)14-2-4-16(19)5-3-14/h2-5,8-10H,6-7,11-12H2,1H3.